The van der Waals surface area contributed by atoms with Crippen molar-refractivity contribution in [1.82, 2.24) is 0 Å². The lowest BCUT2D eigenvalue weighted by Gasteiger charge is -2.20. The molecule has 0 aromatic heterocycles. The van der Waals surface area contributed by atoms with Gasteiger partial charge in [-0.05, 0) is 85.8 Å². The van der Waals surface area contributed by atoms with Crippen LogP contribution in [0.25, 0.3) is 0 Å². The van der Waals surface area contributed by atoms with Gasteiger partial charge in [0.25, 0.3) is 5.91 Å². The van der Waals surface area contributed by atoms with Crippen LogP contribution in [0.2, 0.25) is 0 Å². The van der Waals surface area contributed by atoms with E-state index >= 15 is 0 Å². The summed E-state index contributed by atoms with van der Waals surface area (Å²) in [4.78, 5) is 28.2. The molecule has 1 heterocycles. The Bertz CT molecular complexity index is 1380. The van der Waals surface area contributed by atoms with Gasteiger partial charge < -0.3 is 5.32 Å². The van der Waals surface area contributed by atoms with Crippen LogP contribution in [0.5, 0.6) is 0 Å². The fourth-order valence-electron chi connectivity index (χ4n) is 3.84. The second-order valence-corrected chi connectivity index (χ2v) is 9.69. The van der Waals surface area contributed by atoms with E-state index in [-0.39, 0.29) is 22.3 Å². The smallest absolute Gasteiger partial charge is 0.269 e. The highest BCUT2D eigenvalue weighted by Gasteiger charge is 2.41. The van der Waals surface area contributed by atoms with E-state index in [0.717, 1.165) is 22.3 Å². The number of nitriles is 1. The van der Waals surface area contributed by atoms with Crippen molar-refractivity contribution >= 4 is 35.0 Å². The van der Waals surface area contributed by atoms with Crippen molar-refractivity contribution in [1.29, 1.82) is 5.26 Å². The van der Waals surface area contributed by atoms with Crippen LogP contribution in [0.4, 0.5) is 15.8 Å². The molecule has 176 valence electrons. The van der Waals surface area contributed by atoms with Crippen molar-refractivity contribution in [3.8, 4) is 6.07 Å². The van der Waals surface area contributed by atoms with Crippen LogP contribution >= 0.6 is 11.8 Å². The second-order valence-electron chi connectivity index (χ2n) is 8.49. The molecule has 1 atom stereocenters. The van der Waals surface area contributed by atoms with E-state index in [1.165, 1.54) is 28.8 Å². The molecular weight excluding hydrogens is 461 g/mol. The monoisotopic (exact) mass is 485 g/mol. The summed E-state index contributed by atoms with van der Waals surface area (Å²) in [7, 11) is 0. The second kappa shape index (κ2) is 10.2. The molecular formula is C28H24FN3O2S. The largest absolute Gasteiger partial charge is 0.321 e. The van der Waals surface area contributed by atoms with Crippen molar-refractivity contribution < 1.29 is 14.0 Å². The topological polar surface area (TPSA) is 73.2 Å². The highest BCUT2D eigenvalue weighted by atomic mass is 32.2. The fraction of sp³-hybridized carbons (Fsp3) is 0.179. The van der Waals surface area contributed by atoms with Crippen molar-refractivity contribution in [2.75, 3.05) is 10.2 Å². The standard InChI is InChI=1S/C28H24FN3O2S/c1-17-5-4-6-22(13-17)31-26(33)24(16-30)28-32(23-12-7-18(2)19(3)14-23)27(34)25(35-28)15-20-8-10-21(29)11-9-20/h4-14,25H,15H2,1-3H3,(H,31,33)/b28-24-. The number of aryl methyl sites for hydroxylation is 3. The number of thioether (sulfide) groups is 1. The average Bonchev–Trinajstić information content (AvgIpc) is 3.13. The van der Waals surface area contributed by atoms with Crippen molar-refractivity contribution in [2.45, 2.75) is 32.4 Å². The normalized spacial score (nSPS) is 16.7. The zero-order valence-electron chi connectivity index (χ0n) is 19.6. The number of amides is 2. The van der Waals surface area contributed by atoms with Gasteiger partial charge in [-0.3, -0.25) is 14.5 Å². The minimum absolute atomic E-state index is 0.135. The first-order valence-electron chi connectivity index (χ1n) is 11.1. The van der Waals surface area contributed by atoms with Gasteiger partial charge in [0.05, 0.1) is 5.25 Å². The number of anilines is 2. The minimum Gasteiger partial charge on any atom is -0.321 e. The van der Waals surface area contributed by atoms with Gasteiger partial charge >= 0.3 is 0 Å². The van der Waals surface area contributed by atoms with Crippen molar-refractivity contribution in [2.24, 2.45) is 0 Å². The number of carbonyl (C=O) groups is 2. The molecule has 0 spiro atoms. The van der Waals surface area contributed by atoms with E-state index in [0.29, 0.717) is 17.8 Å². The Morgan fingerprint density at radius 2 is 1.80 bits per heavy atom. The molecule has 35 heavy (non-hydrogen) atoms. The summed E-state index contributed by atoms with van der Waals surface area (Å²) in [6.07, 6.45) is 0.340. The number of benzene rings is 3. The zero-order chi connectivity index (χ0) is 25.1. The SMILES string of the molecule is Cc1cccc(NC(=O)/C(C#N)=C2\SC(Cc3ccc(F)cc3)C(=O)N2c2ccc(C)c(C)c2)c1. The Balaban J connectivity index is 1.74. The Morgan fingerprint density at radius 3 is 2.46 bits per heavy atom. The average molecular weight is 486 g/mol. The number of hydrogen-bond acceptors (Lipinski definition) is 4. The maximum Gasteiger partial charge on any atom is 0.269 e. The summed E-state index contributed by atoms with van der Waals surface area (Å²) in [5.74, 6) is -1.16. The summed E-state index contributed by atoms with van der Waals surface area (Å²) in [5.41, 5.74) is 4.85. The summed E-state index contributed by atoms with van der Waals surface area (Å²) >= 11 is 1.18. The molecule has 1 aliphatic heterocycles. The van der Waals surface area contributed by atoms with Crippen LogP contribution in [-0.4, -0.2) is 17.1 Å². The van der Waals surface area contributed by atoms with Gasteiger partial charge in [-0.25, -0.2) is 4.39 Å². The molecule has 0 saturated carbocycles. The molecule has 0 bridgehead atoms. The number of halogens is 1. The quantitative estimate of drug-likeness (QED) is 0.365. The van der Waals surface area contributed by atoms with Crippen LogP contribution in [0, 0.1) is 37.9 Å². The maximum absolute atomic E-state index is 13.6. The Kier molecular flexibility index (Phi) is 7.04. The third-order valence-electron chi connectivity index (χ3n) is 5.86. The van der Waals surface area contributed by atoms with Gasteiger partial charge in [-0.2, -0.15) is 5.26 Å². The molecule has 2 amide bonds. The van der Waals surface area contributed by atoms with E-state index < -0.39 is 11.2 Å². The van der Waals surface area contributed by atoms with E-state index in [1.807, 2.05) is 63.2 Å². The van der Waals surface area contributed by atoms with Gasteiger partial charge in [0, 0.05) is 11.4 Å². The Hall–Kier alpha value is -3.89. The molecule has 0 aliphatic carbocycles. The Morgan fingerprint density at radius 1 is 1.06 bits per heavy atom. The molecule has 4 rings (SSSR count). The summed E-state index contributed by atoms with van der Waals surface area (Å²) in [6, 6.07) is 20.9. The van der Waals surface area contributed by atoms with Crippen LogP contribution in [0.1, 0.15) is 22.3 Å². The molecule has 1 unspecified atom stereocenters. The molecule has 3 aromatic carbocycles. The number of rotatable bonds is 5. The first kappa shape index (κ1) is 24.2. The first-order valence-corrected chi connectivity index (χ1v) is 12.0. The molecule has 1 fully saturated rings. The number of hydrogen-bond donors (Lipinski definition) is 1. The van der Waals surface area contributed by atoms with Gasteiger partial charge in [-0.1, -0.05) is 42.1 Å². The number of nitrogens with one attached hydrogen (secondary N) is 1. The predicted octanol–water partition coefficient (Wildman–Crippen LogP) is 5.82. The fourth-order valence-corrected chi connectivity index (χ4v) is 5.15. The van der Waals surface area contributed by atoms with E-state index in [9.17, 15) is 19.2 Å². The van der Waals surface area contributed by atoms with E-state index in [2.05, 4.69) is 5.32 Å². The lowest BCUT2D eigenvalue weighted by atomic mass is 10.1. The van der Waals surface area contributed by atoms with E-state index in [4.69, 9.17) is 0 Å². The van der Waals surface area contributed by atoms with Gasteiger partial charge in [0.15, 0.2) is 0 Å². The van der Waals surface area contributed by atoms with Crippen LogP contribution < -0.4 is 10.2 Å². The molecule has 1 aliphatic rings. The first-order chi connectivity index (χ1) is 16.8. The molecule has 1 saturated heterocycles. The predicted molar refractivity (Wildman–Crippen MR) is 137 cm³/mol. The van der Waals surface area contributed by atoms with Crippen LogP contribution in [-0.2, 0) is 16.0 Å². The summed E-state index contributed by atoms with van der Waals surface area (Å²) in [6.45, 7) is 5.83. The minimum atomic E-state index is -0.579. The molecule has 0 radical (unpaired) electrons. The van der Waals surface area contributed by atoms with Crippen LogP contribution in [0.15, 0.2) is 77.3 Å². The number of nitrogens with zero attached hydrogens (tertiary/aromatic N) is 2. The highest BCUT2D eigenvalue weighted by Crippen LogP contribution is 2.42. The Labute approximate surface area is 208 Å². The molecule has 1 N–H and O–H groups in total. The molecule has 7 heteroatoms. The molecule has 5 nitrogen and oxygen atoms in total. The third kappa shape index (κ3) is 5.28. The van der Waals surface area contributed by atoms with E-state index in [1.54, 1.807) is 18.2 Å². The maximum atomic E-state index is 13.6. The third-order valence-corrected chi connectivity index (χ3v) is 7.13. The van der Waals surface area contributed by atoms with Gasteiger partial charge in [-0.15, -0.1) is 0 Å². The molecule has 3 aromatic rings. The zero-order valence-corrected chi connectivity index (χ0v) is 20.4. The van der Waals surface area contributed by atoms with Crippen LogP contribution in [0.3, 0.4) is 0 Å². The van der Waals surface area contributed by atoms with Crippen molar-refractivity contribution in [3.05, 3.63) is 105 Å². The summed E-state index contributed by atoms with van der Waals surface area (Å²) in [5, 5.41) is 12.5. The highest BCUT2D eigenvalue weighted by molar-refractivity contribution is 8.05. The summed E-state index contributed by atoms with van der Waals surface area (Å²) < 4.78 is 13.4. The van der Waals surface area contributed by atoms with Gasteiger partial charge in [0.2, 0.25) is 5.91 Å². The van der Waals surface area contributed by atoms with Crippen molar-refractivity contribution in [3.63, 3.8) is 0 Å². The lowest BCUT2D eigenvalue weighted by molar-refractivity contribution is -0.117. The van der Waals surface area contributed by atoms with Gasteiger partial charge in [0.1, 0.15) is 22.5 Å². The lowest BCUT2D eigenvalue weighted by Crippen LogP contribution is -2.31. The number of carbonyl (C=O) groups excluding carboxylic acids is 2.